The summed E-state index contributed by atoms with van der Waals surface area (Å²) in [6, 6.07) is 8.55. The summed E-state index contributed by atoms with van der Waals surface area (Å²) < 4.78 is 70.4. The van der Waals surface area contributed by atoms with E-state index in [2.05, 4.69) is 10.6 Å². The molecule has 3 atom stereocenters. The second kappa shape index (κ2) is 12.6. The number of hydrogen-bond acceptors (Lipinski definition) is 4. The Kier molecular flexibility index (Phi) is 9.49. The van der Waals surface area contributed by atoms with Gasteiger partial charge in [-0.15, -0.1) is 0 Å². The predicted octanol–water partition coefficient (Wildman–Crippen LogP) is 6.53. The van der Waals surface area contributed by atoms with Gasteiger partial charge < -0.3 is 15.4 Å². The van der Waals surface area contributed by atoms with E-state index in [0.29, 0.717) is 23.0 Å². The Morgan fingerprint density at radius 1 is 1.00 bits per heavy atom. The van der Waals surface area contributed by atoms with Gasteiger partial charge in [-0.1, -0.05) is 30.2 Å². The van der Waals surface area contributed by atoms with Crippen LogP contribution in [0.25, 0.3) is 0 Å². The molecule has 2 fully saturated rings. The lowest BCUT2D eigenvalue weighted by molar-refractivity contribution is -0.211. The van der Waals surface area contributed by atoms with Gasteiger partial charge in [-0.05, 0) is 80.3 Å². The van der Waals surface area contributed by atoms with Crippen molar-refractivity contribution in [2.75, 3.05) is 6.61 Å². The smallest absolute Gasteiger partial charge is 0.402 e. The Morgan fingerprint density at radius 2 is 1.69 bits per heavy atom. The number of ether oxygens (including phenoxy) is 1. The number of halogens is 6. The molecule has 4 rings (SSSR count). The fourth-order valence-corrected chi connectivity index (χ4v) is 5.74. The summed E-state index contributed by atoms with van der Waals surface area (Å²) in [6.07, 6.45) is -3.61. The largest absolute Gasteiger partial charge is 0.487 e. The zero-order chi connectivity index (χ0) is 30.8. The van der Waals surface area contributed by atoms with Gasteiger partial charge in [0.2, 0.25) is 5.91 Å². The van der Waals surface area contributed by atoms with Crippen molar-refractivity contribution in [3.8, 4) is 5.75 Å². The van der Waals surface area contributed by atoms with Gasteiger partial charge in [-0.25, -0.2) is 8.78 Å². The highest BCUT2D eigenvalue weighted by Gasteiger charge is 2.52. The highest BCUT2D eigenvalue weighted by Crippen LogP contribution is 2.44. The zero-order valence-corrected chi connectivity index (χ0v) is 23.9. The van der Waals surface area contributed by atoms with Crippen LogP contribution in [-0.4, -0.2) is 42.8 Å². The first-order valence-electron chi connectivity index (χ1n) is 13.7. The Balaban J connectivity index is 1.49. The van der Waals surface area contributed by atoms with Gasteiger partial charge in [0.25, 0.3) is 12.3 Å². The molecule has 0 saturated heterocycles. The fraction of sp³-hybridized carbons (Fsp3) is 0.500. The minimum absolute atomic E-state index is 0.00627. The summed E-state index contributed by atoms with van der Waals surface area (Å²) >= 11 is 6.24. The number of carbonyl (C=O) groups excluding carboxylic acids is 3. The average molecular weight is 615 g/mol. The number of benzene rings is 2. The lowest BCUT2D eigenvalue weighted by Crippen LogP contribution is -2.46. The molecule has 0 aromatic heterocycles. The van der Waals surface area contributed by atoms with Gasteiger partial charge in [-0.2, -0.15) is 13.2 Å². The van der Waals surface area contributed by atoms with Crippen LogP contribution in [0.4, 0.5) is 22.0 Å². The number of ketones is 1. The molecule has 228 valence electrons. The minimum atomic E-state index is -4.75. The highest BCUT2D eigenvalue weighted by atomic mass is 35.5. The molecule has 0 radical (unpaired) electrons. The lowest BCUT2D eigenvalue weighted by atomic mass is 9.91. The Bertz CT molecular complexity index is 1350. The molecule has 2 aromatic rings. The molecule has 2 aliphatic rings. The quantitative estimate of drug-likeness (QED) is 0.223. The van der Waals surface area contributed by atoms with E-state index in [1.54, 1.807) is 0 Å². The molecule has 0 heterocycles. The van der Waals surface area contributed by atoms with Gasteiger partial charge in [0.15, 0.2) is 5.78 Å². The molecular weight excluding hydrogens is 583 g/mol. The van der Waals surface area contributed by atoms with Crippen LogP contribution >= 0.6 is 11.6 Å². The zero-order valence-electron chi connectivity index (χ0n) is 23.1. The third kappa shape index (κ3) is 7.22. The third-order valence-corrected chi connectivity index (χ3v) is 8.46. The molecule has 3 unspecified atom stereocenters. The van der Waals surface area contributed by atoms with Crippen molar-refractivity contribution in [1.29, 1.82) is 0 Å². The second-order valence-corrected chi connectivity index (χ2v) is 11.9. The van der Waals surface area contributed by atoms with Crippen LogP contribution in [0.15, 0.2) is 36.4 Å². The fourth-order valence-electron chi connectivity index (χ4n) is 5.52. The van der Waals surface area contributed by atoms with Crippen LogP contribution in [-0.2, 0) is 17.8 Å². The van der Waals surface area contributed by atoms with Crippen molar-refractivity contribution in [3.05, 3.63) is 63.7 Å². The summed E-state index contributed by atoms with van der Waals surface area (Å²) in [6.45, 7) is 0.385. The maximum absolute atomic E-state index is 13.2. The molecule has 0 spiro atoms. The molecule has 2 N–H and O–H groups in total. The molecule has 42 heavy (non-hydrogen) atoms. The Labute approximate surface area is 245 Å². The van der Waals surface area contributed by atoms with Crippen LogP contribution in [0, 0.1) is 17.3 Å². The maximum Gasteiger partial charge on any atom is 0.402 e. The summed E-state index contributed by atoms with van der Waals surface area (Å²) in [5, 5.41) is 5.34. The topological polar surface area (TPSA) is 84.5 Å². The first kappa shape index (κ1) is 31.7. The highest BCUT2D eigenvalue weighted by molar-refractivity contribution is 6.34. The van der Waals surface area contributed by atoms with Crippen molar-refractivity contribution in [3.63, 3.8) is 0 Å². The normalized spacial score (nSPS) is 20.1. The van der Waals surface area contributed by atoms with Crippen LogP contribution in [0.1, 0.15) is 71.4 Å². The molecule has 12 heteroatoms. The van der Waals surface area contributed by atoms with Gasteiger partial charge in [0.05, 0.1) is 10.6 Å². The van der Waals surface area contributed by atoms with Gasteiger partial charge in [0.1, 0.15) is 17.8 Å². The third-order valence-electron chi connectivity index (χ3n) is 8.13. The number of Topliss-reactive ketones (excluding diaryl/α,β-unsaturated/α-hetero) is 1. The van der Waals surface area contributed by atoms with Crippen molar-refractivity contribution < 1.29 is 41.1 Å². The van der Waals surface area contributed by atoms with E-state index in [1.165, 1.54) is 36.4 Å². The van der Waals surface area contributed by atoms with Crippen molar-refractivity contribution in [1.82, 2.24) is 10.6 Å². The lowest BCUT2D eigenvalue weighted by Gasteiger charge is -2.26. The van der Waals surface area contributed by atoms with Gasteiger partial charge in [0, 0.05) is 24.6 Å². The Morgan fingerprint density at radius 3 is 2.31 bits per heavy atom. The van der Waals surface area contributed by atoms with Crippen LogP contribution in [0.5, 0.6) is 5.75 Å². The Hall–Kier alpha value is -3.21. The second-order valence-electron chi connectivity index (χ2n) is 11.5. The number of alkyl halides is 5. The molecule has 2 bridgehead atoms. The van der Waals surface area contributed by atoms with Gasteiger partial charge in [-0.3, -0.25) is 14.4 Å². The number of fused-ring (bicyclic) bond motifs is 2. The molecule has 2 aromatic carbocycles. The van der Waals surface area contributed by atoms with Gasteiger partial charge >= 0.3 is 6.18 Å². The summed E-state index contributed by atoms with van der Waals surface area (Å²) in [5.41, 5.74) is -1.73. The maximum atomic E-state index is 13.2. The van der Waals surface area contributed by atoms with E-state index >= 15 is 0 Å². The van der Waals surface area contributed by atoms with Crippen molar-refractivity contribution >= 4 is 29.2 Å². The van der Waals surface area contributed by atoms with E-state index < -0.39 is 42.2 Å². The van der Waals surface area contributed by atoms with Crippen molar-refractivity contribution in [2.24, 2.45) is 17.3 Å². The van der Waals surface area contributed by atoms with E-state index in [4.69, 9.17) is 16.3 Å². The first-order chi connectivity index (χ1) is 19.7. The summed E-state index contributed by atoms with van der Waals surface area (Å²) in [4.78, 5) is 38.6. The minimum Gasteiger partial charge on any atom is -0.487 e. The monoisotopic (exact) mass is 614 g/mol. The molecule has 6 nitrogen and oxygen atoms in total. The van der Waals surface area contributed by atoms with E-state index in [1.807, 2.05) is 0 Å². The molecule has 2 amide bonds. The molecule has 0 aliphatic heterocycles. The number of nitrogens with one attached hydrogen (secondary N) is 2. The van der Waals surface area contributed by atoms with E-state index in [0.717, 1.165) is 39.5 Å². The van der Waals surface area contributed by atoms with Crippen LogP contribution in [0.2, 0.25) is 5.02 Å². The average Bonchev–Trinajstić information content (AvgIpc) is 3.54. The van der Waals surface area contributed by atoms with Crippen LogP contribution < -0.4 is 15.4 Å². The standard InChI is InChI=1S/C30H32ClF5N2O4/c1-29(2,30(34,35)36)28(41)37-14-18-4-7-22(31)20(11-18)24(39)13-17-5-8-25(42-15-26(32)33)21(10-17)27(40)38-23-12-16-3-6-19(23)9-16/h4-5,7-8,10-11,16,19,23,26H,3,6,9,12-15H2,1-2H3,(H,37,41)(H,38,40). The predicted molar refractivity (Wildman–Crippen MR) is 146 cm³/mol. The number of carbonyl (C=O) groups is 3. The molecular formula is C30H32ClF5N2O4. The number of rotatable bonds is 11. The van der Waals surface area contributed by atoms with E-state index in [-0.39, 0.29) is 40.9 Å². The first-order valence-corrected chi connectivity index (χ1v) is 14.0. The SMILES string of the molecule is CC(C)(C(=O)NCc1ccc(Cl)c(C(=O)Cc2ccc(OCC(F)F)c(C(=O)NC3CC4CCC3C4)c2)c1)C(F)(F)F. The van der Waals surface area contributed by atoms with Crippen molar-refractivity contribution in [2.45, 2.75) is 71.1 Å². The van der Waals surface area contributed by atoms with E-state index in [9.17, 15) is 36.3 Å². The number of amides is 2. The molecule has 2 saturated carbocycles. The summed E-state index contributed by atoms with van der Waals surface area (Å²) in [7, 11) is 0. The number of hydrogen-bond donors (Lipinski definition) is 2. The van der Waals surface area contributed by atoms with Crippen LogP contribution in [0.3, 0.4) is 0 Å². The summed E-state index contributed by atoms with van der Waals surface area (Å²) in [5.74, 6) is -1.21. The molecule has 2 aliphatic carbocycles.